The summed E-state index contributed by atoms with van der Waals surface area (Å²) in [5, 5.41) is 9.69. The van der Waals surface area contributed by atoms with E-state index in [1.807, 2.05) is 28.8 Å². The summed E-state index contributed by atoms with van der Waals surface area (Å²) in [5.74, 6) is 3.27. The molecule has 4 N–H and O–H groups in total. The first-order valence-electron chi connectivity index (χ1n) is 19.6. The zero-order valence-electron chi connectivity index (χ0n) is 34.1. The molecule has 8 aromatic rings. The molecule has 0 spiro atoms. The fourth-order valence-corrected chi connectivity index (χ4v) is 10.0. The number of fused-ring (bicyclic) bond motifs is 4. The van der Waals surface area contributed by atoms with Crippen LogP contribution in [-0.2, 0) is 25.9 Å². The number of anilines is 1. The number of halogens is 2. The molecule has 18 heteroatoms. The lowest BCUT2D eigenvalue weighted by molar-refractivity contribution is 0.173. The van der Waals surface area contributed by atoms with E-state index in [0.29, 0.717) is 27.8 Å². The van der Waals surface area contributed by atoms with Gasteiger partial charge in [0.2, 0.25) is 13.6 Å². The van der Waals surface area contributed by atoms with Gasteiger partial charge in [-0.2, -0.15) is 0 Å². The highest BCUT2D eigenvalue weighted by molar-refractivity contribution is 9.10. The molecule has 0 bridgehead atoms. The third-order valence-electron chi connectivity index (χ3n) is 10.5. The van der Waals surface area contributed by atoms with E-state index in [2.05, 4.69) is 120 Å². The standard InChI is InChI=1S/2C22H20BrN5O2S/c1-12-3-4-13(2)14(7-12)5-6-28-10-25-20(24)19-21(28)27-22(26-19)31-18-9-17-16(8-15(18)23)29-11-30-17;1-12-3-4-13(2)14(7-12)5-6-28-21-19(20(24)25-10-26-21)27-22(28)31-18-9-17-16(8-15(18)23)29-11-30-17/h3-4,7-10,24H,5-6,11H2,1-2H3,(H,26,27);3-4,7-10H,5-6,11H2,1-2H3,(H2,24,25,26). The number of nitrogens with zero attached hydrogens (tertiary/aromatic N) is 7. The molecule has 10 rings (SSSR count). The molecule has 0 unspecified atom stereocenters. The molecule has 2 aliphatic rings. The Morgan fingerprint density at radius 2 is 1.29 bits per heavy atom. The van der Waals surface area contributed by atoms with Gasteiger partial charge in [0.1, 0.15) is 11.8 Å². The molecule has 0 saturated carbocycles. The Morgan fingerprint density at radius 3 is 1.92 bits per heavy atom. The molecule has 0 radical (unpaired) electrons. The van der Waals surface area contributed by atoms with Crippen molar-refractivity contribution in [3.8, 4) is 23.0 Å². The first kappa shape index (κ1) is 41.8. The van der Waals surface area contributed by atoms with Gasteiger partial charge in [-0.15, -0.1) is 0 Å². The van der Waals surface area contributed by atoms with Crippen LogP contribution >= 0.6 is 55.4 Å². The van der Waals surface area contributed by atoms with E-state index in [1.165, 1.54) is 63.2 Å². The van der Waals surface area contributed by atoms with Crippen molar-refractivity contribution in [3.05, 3.63) is 121 Å². The Bertz CT molecular complexity index is 3080. The smallest absolute Gasteiger partial charge is 0.231 e. The Hall–Kier alpha value is -5.56. The van der Waals surface area contributed by atoms with Crippen molar-refractivity contribution in [2.75, 3.05) is 19.3 Å². The summed E-state index contributed by atoms with van der Waals surface area (Å²) in [6, 6.07) is 20.8. The van der Waals surface area contributed by atoms with Crippen molar-refractivity contribution in [3.63, 3.8) is 0 Å². The molecule has 4 aromatic heterocycles. The monoisotopic (exact) mass is 994 g/mol. The quantitative estimate of drug-likeness (QED) is 0.118. The SMILES string of the molecule is Cc1ccc(C)c(CCn2c(Sc3cc4c(cc3Br)OCO4)nc3c(N)ncnc32)c1.Cc1ccc(C)c(CCn2cnc(=N)c3[nH]c(Sc4cc5c(cc4Br)OCO5)nc32)c1. The fraction of sp³-hybridized carbons (Fsp3) is 0.227. The minimum atomic E-state index is 0.182. The van der Waals surface area contributed by atoms with Crippen LogP contribution in [0.15, 0.2) is 102 Å². The van der Waals surface area contributed by atoms with Crippen molar-refractivity contribution in [2.24, 2.45) is 0 Å². The average molecular weight is 997 g/mol. The molecule has 0 aliphatic carbocycles. The van der Waals surface area contributed by atoms with E-state index < -0.39 is 0 Å². The van der Waals surface area contributed by atoms with Gasteiger partial charge >= 0.3 is 0 Å². The lowest BCUT2D eigenvalue weighted by Gasteiger charge is -2.12. The number of benzene rings is 4. The Labute approximate surface area is 381 Å². The summed E-state index contributed by atoms with van der Waals surface area (Å²) in [6.07, 6.45) is 4.91. The summed E-state index contributed by atoms with van der Waals surface area (Å²) in [6.45, 7) is 10.4. The van der Waals surface area contributed by atoms with E-state index in [9.17, 15) is 0 Å². The van der Waals surface area contributed by atoms with Crippen LogP contribution in [0.3, 0.4) is 0 Å². The van der Waals surface area contributed by atoms with Gasteiger partial charge in [0, 0.05) is 31.8 Å². The number of nitrogens with one attached hydrogen (secondary N) is 2. The van der Waals surface area contributed by atoms with Crippen LogP contribution in [0.5, 0.6) is 23.0 Å². The number of hydrogen-bond donors (Lipinski definition) is 3. The van der Waals surface area contributed by atoms with E-state index in [4.69, 9.17) is 40.1 Å². The van der Waals surface area contributed by atoms with Gasteiger partial charge in [-0.25, -0.2) is 24.9 Å². The van der Waals surface area contributed by atoms with Crippen LogP contribution in [-0.4, -0.2) is 52.6 Å². The molecule has 6 heterocycles. The number of imidazole rings is 2. The molecule has 0 amide bonds. The maximum Gasteiger partial charge on any atom is 0.231 e. The highest BCUT2D eigenvalue weighted by Crippen LogP contribution is 2.44. The second kappa shape index (κ2) is 17.7. The molecular weight excluding hydrogens is 956 g/mol. The zero-order chi connectivity index (χ0) is 43.1. The number of aromatic amines is 1. The number of aryl methyl sites for hydroxylation is 8. The summed E-state index contributed by atoms with van der Waals surface area (Å²) in [4.78, 5) is 27.6. The van der Waals surface area contributed by atoms with Gasteiger partial charge in [-0.3, -0.25) is 5.41 Å². The summed E-state index contributed by atoms with van der Waals surface area (Å²) in [7, 11) is 0. The van der Waals surface area contributed by atoms with E-state index in [0.717, 1.165) is 78.4 Å². The molecule has 4 aromatic carbocycles. The van der Waals surface area contributed by atoms with Crippen molar-refractivity contribution < 1.29 is 18.9 Å². The van der Waals surface area contributed by atoms with Crippen molar-refractivity contribution in [2.45, 2.75) is 73.7 Å². The van der Waals surface area contributed by atoms with Crippen LogP contribution in [0.1, 0.15) is 33.4 Å². The van der Waals surface area contributed by atoms with Crippen LogP contribution in [0.25, 0.3) is 22.3 Å². The Morgan fingerprint density at radius 1 is 0.710 bits per heavy atom. The maximum absolute atomic E-state index is 8.20. The Kier molecular flexibility index (Phi) is 11.9. The third kappa shape index (κ3) is 8.73. The number of aromatic nitrogens is 8. The lowest BCUT2D eigenvalue weighted by atomic mass is 10.0. The van der Waals surface area contributed by atoms with Crippen LogP contribution < -0.4 is 30.2 Å². The number of nitrogen functional groups attached to an aromatic ring is 1. The average Bonchev–Trinajstić information content (AvgIpc) is 4.07. The Balaban J connectivity index is 0.000000158. The molecule has 2 aliphatic heterocycles. The van der Waals surface area contributed by atoms with Crippen molar-refractivity contribution in [1.29, 1.82) is 5.41 Å². The normalized spacial score (nSPS) is 12.6. The van der Waals surface area contributed by atoms with Gasteiger partial charge in [0.15, 0.2) is 61.4 Å². The number of nitrogens with two attached hydrogens (primary N) is 1. The van der Waals surface area contributed by atoms with Crippen LogP contribution in [0.4, 0.5) is 5.82 Å². The number of rotatable bonds is 10. The number of H-pyrrole nitrogens is 1. The van der Waals surface area contributed by atoms with Gasteiger partial charge < -0.3 is 38.8 Å². The molecule has 316 valence electrons. The summed E-state index contributed by atoms with van der Waals surface area (Å²) < 4.78 is 27.8. The first-order valence-corrected chi connectivity index (χ1v) is 22.8. The van der Waals surface area contributed by atoms with Gasteiger partial charge in [-0.1, -0.05) is 71.0 Å². The minimum Gasteiger partial charge on any atom is -0.454 e. The molecule has 62 heavy (non-hydrogen) atoms. The van der Waals surface area contributed by atoms with E-state index >= 15 is 0 Å². The molecular formula is C44H40Br2N10O4S2. The molecule has 0 fully saturated rings. The minimum absolute atomic E-state index is 0.182. The van der Waals surface area contributed by atoms with Gasteiger partial charge in [-0.05, 0) is 119 Å². The van der Waals surface area contributed by atoms with Crippen molar-refractivity contribution >= 4 is 83.5 Å². The molecule has 0 atom stereocenters. The topological polar surface area (TPSA) is 177 Å². The van der Waals surface area contributed by atoms with E-state index in [1.54, 1.807) is 6.33 Å². The molecule has 14 nitrogen and oxygen atoms in total. The highest BCUT2D eigenvalue weighted by atomic mass is 79.9. The summed E-state index contributed by atoms with van der Waals surface area (Å²) >= 11 is 10.2. The molecule has 0 saturated heterocycles. The second-order valence-electron chi connectivity index (χ2n) is 14.8. The second-order valence-corrected chi connectivity index (χ2v) is 18.6. The van der Waals surface area contributed by atoms with Gasteiger partial charge in [0.05, 0.1) is 6.33 Å². The van der Waals surface area contributed by atoms with Gasteiger partial charge in [0.25, 0.3) is 0 Å². The summed E-state index contributed by atoms with van der Waals surface area (Å²) in [5.41, 5.74) is 16.7. The lowest BCUT2D eigenvalue weighted by Crippen LogP contribution is -2.13. The fourth-order valence-electron chi connectivity index (χ4n) is 7.16. The maximum atomic E-state index is 8.20. The number of ether oxygens (including phenoxy) is 4. The zero-order valence-corrected chi connectivity index (χ0v) is 38.9. The largest absolute Gasteiger partial charge is 0.454 e. The van der Waals surface area contributed by atoms with Crippen LogP contribution in [0, 0.1) is 33.1 Å². The number of hydrogen-bond acceptors (Lipinski definition) is 13. The van der Waals surface area contributed by atoms with E-state index in [-0.39, 0.29) is 19.1 Å². The third-order valence-corrected chi connectivity index (χ3v) is 14.4. The first-order chi connectivity index (χ1) is 30.0. The predicted octanol–water partition coefficient (Wildman–Crippen LogP) is 9.65. The van der Waals surface area contributed by atoms with Crippen LogP contribution in [0.2, 0.25) is 0 Å². The highest BCUT2D eigenvalue weighted by Gasteiger charge is 2.22. The predicted molar refractivity (Wildman–Crippen MR) is 245 cm³/mol. The van der Waals surface area contributed by atoms with Crippen molar-refractivity contribution in [1.82, 2.24) is 39.0 Å².